The second-order valence-electron chi connectivity index (χ2n) is 9.53. The van der Waals surface area contributed by atoms with Crippen molar-refractivity contribution in [2.75, 3.05) is 12.0 Å². The molecule has 0 radical (unpaired) electrons. The van der Waals surface area contributed by atoms with Crippen molar-refractivity contribution < 1.29 is 14.3 Å². The lowest BCUT2D eigenvalue weighted by atomic mass is 10.0. The van der Waals surface area contributed by atoms with Gasteiger partial charge in [-0.3, -0.25) is 19.5 Å². The van der Waals surface area contributed by atoms with Crippen LogP contribution in [0.4, 0.5) is 5.69 Å². The summed E-state index contributed by atoms with van der Waals surface area (Å²) in [5, 5.41) is 16.1. The fourth-order valence-electron chi connectivity index (χ4n) is 3.80. The van der Waals surface area contributed by atoms with E-state index in [4.69, 9.17) is 16.3 Å². The number of methoxy groups -OCH3 is 1. The first-order chi connectivity index (χ1) is 18.1. The third kappa shape index (κ3) is 6.51. The smallest absolute Gasteiger partial charge is 0.251 e. The first-order valence-electron chi connectivity index (χ1n) is 11.9. The number of aromatic nitrogens is 5. The standard InChI is InChI=1S/C27H28ClN7O3/c1-27(2,3)30-26(37)24(18-13-15-29-16-14-18)35(21-9-11-22(38-4)12-10-21)23(36)17-34-32-25(31-33-34)19-5-7-20(28)8-6-19/h5-16,24H,17H2,1-4H3,(H,30,37)/t24-/m1/s1. The van der Waals surface area contributed by atoms with E-state index in [2.05, 4.69) is 25.7 Å². The van der Waals surface area contributed by atoms with Gasteiger partial charge in [0.15, 0.2) is 0 Å². The van der Waals surface area contributed by atoms with Crippen LogP contribution in [0.2, 0.25) is 5.02 Å². The molecule has 2 amide bonds. The normalized spacial score (nSPS) is 12.0. The van der Waals surface area contributed by atoms with Crippen LogP contribution in [0, 0.1) is 0 Å². The Morgan fingerprint density at radius 3 is 2.29 bits per heavy atom. The number of benzene rings is 2. The number of hydrogen-bond acceptors (Lipinski definition) is 7. The molecule has 11 heteroatoms. The van der Waals surface area contributed by atoms with Crippen LogP contribution < -0.4 is 15.0 Å². The van der Waals surface area contributed by atoms with Crippen LogP contribution in [0.3, 0.4) is 0 Å². The van der Waals surface area contributed by atoms with Gasteiger partial charge in [-0.2, -0.15) is 4.80 Å². The maximum Gasteiger partial charge on any atom is 0.251 e. The summed E-state index contributed by atoms with van der Waals surface area (Å²) in [7, 11) is 1.56. The molecular weight excluding hydrogens is 506 g/mol. The Hall–Kier alpha value is -4.31. The molecule has 0 spiro atoms. The lowest BCUT2D eigenvalue weighted by Crippen LogP contribution is -2.50. The predicted octanol–water partition coefficient (Wildman–Crippen LogP) is 4.09. The third-order valence-electron chi connectivity index (χ3n) is 5.48. The molecule has 1 N–H and O–H groups in total. The van der Waals surface area contributed by atoms with E-state index in [0.29, 0.717) is 33.4 Å². The molecule has 2 aromatic carbocycles. The Bertz CT molecular complexity index is 1380. The van der Waals surface area contributed by atoms with Gasteiger partial charge in [0.1, 0.15) is 18.3 Å². The molecule has 1 atom stereocenters. The third-order valence-corrected chi connectivity index (χ3v) is 5.73. The molecule has 38 heavy (non-hydrogen) atoms. The molecular formula is C27H28ClN7O3. The zero-order valence-corrected chi connectivity index (χ0v) is 22.3. The van der Waals surface area contributed by atoms with E-state index in [-0.39, 0.29) is 12.5 Å². The first kappa shape index (κ1) is 26.7. The molecule has 4 rings (SSSR count). The Kier molecular flexibility index (Phi) is 8.02. The van der Waals surface area contributed by atoms with Crippen LogP contribution in [0.5, 0.6) is 5.75 Å². The van der Waals surface area contributed by atoms with E-state index < -0.39 is 17.5 Å². The van der Waals surface area contributed by atoms with Gasteiger partial charge in [0.25, 0.3) is 5.91 Å². The van der Waals surface area contributed by atoms with Crippen molar-refractivity contribution in [3.8, 4) is 17.1 Å². The zero-order valence-electron chi connectivity index (χ0n) is 21.5. The molecule has 196 valence electrons. The molecule has 2 aromatic heterocycles. The van der Waals surface area contributed by atoms with E-state index in [9.17, 15) is 9.59 Å². The topological polar surface area (TPSA) is 115 Å². The van der Waals surface area contributed by atoms with Crippen LogP contribution in [0.15, 0.2) is 73.1 Å². The van der Waals surface area contributed by atoms with Crippen molar-refractivity contribution in [2.45, 2.75) is 38.9 Å². The number of amides is 2. The summed E-state index contributed by atoms with van der Waals surface area (Å²) in [6, 6.07) is 16.3. The van der Waals surface area contributed by atoms with E-state index in [1.807, 2.05) is 20.8 Å². The van der Waals surface area contributed by atoms with E-state index >= 15 is 0 Å². The van der Waals surface area contributed by atoms with Gasteiger partial charge in [-0.25, -0.2) is 0 Å². The number of pyridine rings is 1. The van der Waals surface area contributed by atoms with Crippen LogP contribution >= 0.6 is 11.6 Å². The van der Waals surface area contributed by atoms with E-state index in [1.54, 1.807) is 80.2 Å². The summed E-state index contributed by atoms with van der Waals surface area (Å²) in [6.07, 6.45) is 3.17. The average Bonchev–Trinajstić information content (AvgIpc) is 3.35. The van der Waals surface area contributed by atoms with Crippen molar-refractivity contribution in [3.05, 3.63) is 83.6 Å². The Morgan fingerprint density at radius 2 is 1.68 bits per heavy atom. The SMILES string of the molecule is COc1ccc(N(C(=O)Cn2nnc(-c3ccc(Cl)cc3)n2)[C@@H](C(=O)NC(C)(C)C)c2ccncc2)cc1. The van der Waals surface area contributed by atoms with Crippen molar-refractivity contribution in [3.63, 3.8) is 0 Å². The Labute approximate surface area is 225 Å². The number of rotatable bonds is 8. The zero-order chi connectivity index (χ0) is 27.3. The van der Waals surface area contributed by atoms with Gasteiger partial charge in [-0.1, -0.05) is 11.6 Å². The molecule has 0 saturated carbocycles. The van der Waals surface area contributed by atoms with Crippen LogP contribution in [0.1, 0.15) is 32.4 Å². The van der Waals surface area contributed by atoms with Gasteiger partial charge < -0.3 is 10.1 Å². The number of nitrogens with one attached hydrogen (secondary N) is 1. The summed E-state index contributed by atoms with van der Waals surface area (Å²) < 4.78 is 5.28. The summed E-state index contributed by atoms with van der Waals surface area (Å²) in [5.41, 5.74) is 1.27. The number of nitrogens with zero attached hydrogens (tertiary/aromatic N) is 6. The quantitative estimate of drug-likeness (QED) is 0.363. The molecule has 10 nitrogen and oxygen atoms in total. The Morgan fingerprint density at radius 1 is 1.03 bits per heavy atom. The number of ether oxygens (including phenoxy) is 1. The number of hydrogen-bond donors (Lipinski definition) is 1. The first-order valence-corrected chi connectivity index (χ1v) is 12.2. The minimum absolute atomic E-state index is 0.253. The van der Waals surface area contributed by atoms with Crippen LogP contribution in [-0.4, -0.2) is 49.7 Å². The molecule has 0 bridgehead atoms. The monoisotopic (exact) mass is 533 g/mol. The molecule has 0 aliphatic heterocycles. The summed E-state index contributed by atoms with van der Waals surface area (Å²) in [4.78, 5) is 34.3. The van der Waals surface area contributed by atoms with Gasteiger partial charge >= 0.3 is 0 Å². The van der Waals surface area contributed by atoms with Crippen molar-refractivity contribution in [2.24, 2.45) is 0 Å². The van der Waals surface area contributed by atoms with Crippen molar-refractivity contribution >= 4 is 29.1 Å². The molecule has 0 aliphatic carbocycles. The largest absolute Gasteiger partial charge is 0.497 e. The van der Waals surface area contributed by atoms with Gasteiger partial charge in [0, 0.05) is 34.2 Å². The van der Waals surface area contributed by atoms with Gasteiger partial charge in [0.2, 0.25) is 11.7 Å². The maximum absolute atomic E-state index is 13.9. The summed E-state index contributed by atoms with van der Waals surface area (Å²) in [5.74, 6) is 0.204. The number of anilines is 1. The van der Waals surface area contributed by atoms with Gasteiger partial charge in [0.05, 0.1) is 7.11 Å². The summed E-state index contributed by atoms with van der Waals surface area (Å²) >= 11 is 5.97. The van der Waals surface area contributed by atoms with Crippen molar-refractivity contribution in [1.82, 2.24) is 30.5 Å². The predicted molar refractivity (Wildman–Crippen MR) is 144 cm³/mol. The lowest BCUT2D eigenvalue weighted by molar-refractivity contribution is -0.128. The number of carbonyl (C=O) groups excluding carboxylic acids is 2. The molecule has 0 fully saturated rings. The van der Waals surface area contributed by atoms with Gasteiger partial charge in [-0.05, 0) is 92.2 Å². The molecule has 0 saturated heterocycles. The summed E-state index contributed by atoms with van der Waals surface area (Å²) in [6.45, 7) is 5.39. The van der Waals surface area contributed by atoms with Crippen molar-refractivity contribution in [1.29, 1.82) is 0 Å². The molecule has 4 aromatic rings. The van der Waals surface area contributed by atoms with E-state index in [1.165, 1.54) is 9.70 Å². The van der Waals surface area contributed by atoms with Gasteiger partial charge in [-0.15, -0.1) is 10.2 Å². The number of carbonyl (C=O) groups is 2. The molecule has 0 unspecified atom stereocenters. The minimum atomic E-state index is -0.989. The average molecular weight is 534 g/mol. The highest BCUT2D eigenvalue weighted by atomic mass is 35.5. The van der Waals surface area contributed by atoms with Crippen LogP contribution in [-0.2, 0) is 16.1 Å². The molecule has 2 heterocycles. The lowest BCUT2D eigenvalue weighted by Gasteiger charge is -2.33. The highest BCUT2D eigenvalue weighted by molar-refractivity contribution is 6.30. The minimum Gasteiger partial charge on any atom is -0.497 e. The Balaban J connectivity index is 1.72. The number of tetrazole rings is 1. The maximum atomic E-state index is 13.9. The fraction of sp³-hybridized carbons (Fsp3) is 0.259. The molecule has 0 aliphatic rings. The van der Waals surface area contributed by atoms with E-state index in [0.717, 1.165) is 0 Å². The number of halogens is 1. The van der Waals surface area contributed by atoms with Crippen LogP contribution in [0.25, 0.3) is 11.4 Å². The highest BCUT2D eigenvalue weighted by Gasteiger charge is 2.35. The fourth-order valence-corrected chi connectivity index (χ4v) is 3.93. The second-order valence-corrected chi connectivity index (χ2v) is 9.97. The highest BCUT2D eigenvalue weighted by Crippen LogP contribution is 2.30. The second kappa shape index (κ2) is 11.4.